The van der Waals surface area contributed by atoms with Crippen molar-refractivity contribution in [2.45, 2.75) is 6.92 Å². The molecule has 90 valence electrons. The summed E-state index contributed by atoms with van der Waals surface area (Å²) < 4.78 is 10.7. The Hall–Kier alpha value is -1.42. The van der Waals surface area contributed by atoms with Crippen LogP contribution in [-0.4, -0.2) is 33.9 Å². The fourth-order valence-electron chi connectivity index (χ4n) is 1.28. The van der Waals surface area contributed by atoms with Gasteiger partial charge in [0.1, 0.15) is 12.4 Å². The highest BCUT2D eigenvalue weighted by atomic mass is 16.5. The van der Waals surface area contributed by atoms with E-state index < -0.39 is 0 Å². The molecule has 1 aromatic rings. The zero-order valence-electron chi connectivity index (χ0n) is 10.2. The minimum atomic E-state index is 0.523. The van der Waals surface area contributed by atoms with E-state index in [1.54, 1.807) is 0 Å². The summed E-state index contributed by atoms with van der Waals surface area (Å²) in [5, 5.41) is 0. The van der Waals surface area contributed by atoms with Crippen molar-refractivity contribution in [3.8, 4) is 5.75 Å². The van der Waals surface area contributed by atoms with Gasteiger partial charge in [-0.1, -0.05) is 0 Å². The first-order chi connectivity index (χ1) is 7.65. The molecule has 2 N–H and O–H groups in total. The molecule has 0 aliphatic heterocycles. The van der Waals surface area contributed by atoms with Crippen LogP contribution in [-0.2, 0) is 4.74 Å². The molecule has 1 aromatic carbocycles. The normalized spacial score (nSPS) is 10.2. The predicted molar refractivity (Wildman–Crippen MR) is 67.2 cm³/mol. The van der Waals surface area contributed by atoms with Gasteiger partial charge >= 0.3 is 0 Å². The molecule has 0 spiro atoms. The molecule has 0 saturated carbocycles. The van der Waals surface area contributed by atoms with Gasteiger partial charge in [-0.15, -0.1) is 0 Å². The Kier molecular flexibility index (Phi) is 4.92. The third-order valence-corrected chi connectivity index (χ3v) is 2.20. The molecular formula is C12H20N2O2. The zero-order chi connectivity index (χ0) is 12.0. The molecule has 16 heavy (non-hydrogen) atoms. The Morgan fingerprint density at radius 1 is 1.25 bits per heavy atom. The Morgan fingerprint density at radius 3 is 2.62 bits per heavy atom. The summed E-state index contributed by atoms with van der Waals surface area (Å²) in [6.07, 6.45) is 0. The lowest BCUT2D eigenvalue weighted by molar-refractivity contribution is 0.110. The van der Waals surface area contributed by atoms with Crippen LogP contribution < -0.4 is 15.4 Å². The van der Waals surface area contributed by atoms with Gasteiger partial charge in [0, 0.05) is 32.5 Å². The molecule has 4 heteroatoms. The van der Waals surface area contributed by atoms with Gasteiger partial charge in [-0.3, -0.25) is 0 Å². The molecule has 0 aromatic heterocycles. The van der Waals surface area contributed by atoms with E-state index >= 15 is 0 Å². The Morgan fingerprint density at radius 2 is 2.00 bits per heavy atom. The number of anilines is 2. The summed E-state index contributed by atoms with van der Waals surface area (Å²) in [7, 11) is 3.96. The molecule has 0 heterocycles. The van der Waals surface area contributed by atoms with Crippen LogP contribution in [0.15, 0.2) is 18.2 Å². The van der Waals surface area contributed by atoms with Gasteiger partial charge in [-0.05, 0) is 19.1 Å². The highest BCUT2D eigenvalue weighted by Gasteiger charge is 2.03. The van der Waals surface area contributed by atoms with E-state index in [1.807, 2.05) is 44.1 Å². The molecular weight excluding hydrogens is 204 g/mol. The Bertz CT molecular complexity index is 327. The molecule has 0 unspecified atom stereocenters. The van der Waals surface area contributed by atoms with E-state index in [1.165, 1.54) is 0 Å². The van der Waals surface area contributed by atoms with E-state index in [0.29, 0.717) is 31.3 Å². The maximum atomic E-state index is 5.82. The SMILES string of the molecule is CCOCCOc1cc(N(C)C)ccc1N. The standard InChI is InChI=1S/C12H20N2O2/c1-4-15-7-8-16-12-9-10(14(2)3)5-6-11(12)13/h5-6,9H,4,7-8,13H2,1-3H3. The number of hydrogen-bond donors (Lipinski definition) is 1. The molecule has 0 fully saturated rings. The molecule has 1 rings (SSSR count). The van der Waals surface area contributed by atoms with E-state index in [0.717, 1.165) is 5.69 Å². The number of hydrogen-bond acceptors (Lipinski definition) is 4. The van der Waals surface area contributed by atoms with Crippen molar-refractivity contribution >= 4 is 11.4 Å². The third-order valence-electron chi connectivity index (χ3n) is 2.20. The highest BCUT2D eigenvalue weighted by molar-refractivity contribution is 5.61. The smallest absolute Gasteiger partial charge is 0.144 e. The minimum Gasteiger partial charge on any atom is -0.489 e. The van der Waals surface area contributed by atoms with Crippen LogP contribution in [0.4, 0.5) is 11.4 Å². The average Bonchev–Trinajstić information content (AvgIpc) is 2.26. The van der Waals surface area contributed by atoms with Crippen molar-refractivity contribution in [3.63, 3.8) is 0 Å². The number of nitrogens with zero attached hydrogens (tertiary/aromatic N) is 1. The second kappa shape index (κ2) is 6.23. The summed E-state index contributed by atoms with van der Waals surface area (Å²) in [4.78, 5) is 2.01. The van der Waals surface area contributed by atoms with Crippen LogP contribution >= 0.6 is 0 Å². The van der Waals surface area contributed by atoms with Gasteiger partial charge in [0.2, 0.25) is 0 Å². The molecule has 0 radical (unpaired) electrons. The van der Waals surface area contributed by atoms with E-state index in [2.05, 4.69) is 0 Å². The van der Waals surface area contributed by atoms with Gasteiger partial charge in [-0.2, -0.15) is 0 Å². The van der Waals surface area contributed by atoms with E-state index in [4.69, 9.17) is 15.2 Å². The topological polar surface area (TPSA) is 47.7 Å². The second-order valence-corrected chi connectivity index (χ2v) is 3.66. The van der Waals surface area contributed by atoms with E-state index in [9.17, 15) is 0 Å². The van der Waals surface area contributed by atoms with Gasteiger partial charge in [0.05, 0.1) is 12.3 Å². The largest absolute Gasteiger partial charge is 0.489 e. The maximum absolute atomic E-state index is 5.82. The fourth-order valence-corrected chi connectivity index (χ4v) is 1.28. The minimum absolute atomic E-state index is 0.523. The number of ether oxygens (including phenoxy) is 2. The number of rotatable bonds is 6. The molecule has 4 nitrogen and oxygen atoms in total. The molecule has 0 amide bonds. The number of benzene rings is 1. The molecule has 0 aliphatic carbocycles. The lowest BCUT2D eigenvalue weighted by atomic mass is 10.2. The molecule has 0 aliphatic rings. The van der Waals surface area contributed by atoms with Crippen LogP contribution in [0.5, 0.6) is 5.75 Å². The summed E-state index contributed by atoms with van der Waals surface area (Å²) in [5.74, 6) is 0.714. The van der Waals surface area contributed by atoms with Crippen molar-refractivity contribution in [2.24, 2.45) is 0 Å². The molecule has 0 saturated heterocycles. The summed E-state index contributed by atoms with van der Waals surface area (Å²) >= 11 is 0. The van der Waals surface area contributed by atoms with Crippen molar-refractivity contribution in [2.75, 3.05) is 44.5 Å². The molecule has 0 bridgehead atoms. The molecule has 0 atom stereocenters. The van der Waals surface area contributed by atoms with Gasteiger partial charge in [0.25, 0.3) is 0 Å². The average molecular weight is 224 g/mol. The van der Waals surface area contributed by atoms with Crippen molar-refractivity contribution in [1.82, 2.24) is 0 Å². The van der Waals surface area contributed by atoms with Crippen molar-refractivity contribution in [3.05, 3.63) is 18.2 Å². The first-order valence-electron chi connectivity index (χ1n) is 5.42. The number of nitrogens with two attached hydrogens (primary N) is 1. The van der Waals surface area contributed by atoms with Gasteiger partial charge in [0.15, 0.2) is 0 Å². The quantitative estimate of drug-likeness (QED) is 0.590. The first-order valence-corrected chi connectivity index (χ1v) is 5.42. The summed E-state index contributed by atoms with van der Waals surface area (Å²) in [5.41, 5.74) is 7.54. The van der Waals surface area contributed by atoms with Crippen LogP contribution in [0.1, 0.15) is 6.92 Å². The second-order valence-electron chi connectivity index (χ2n) is 3.66. The first kappa shape index (κ1) is 12.6. The van der Waals surface area contributed by atoms with Gasteiger partial charge in [-0.25, -0.2) is 0 Å². The lowest BCUT2D eigenvalue weighted by Crippen LogP contribution is -2.11. The zero-order valence-corrected chi connectivity index (χ0v) is 10.2. The lowest BCUT2D eigenvalue weighted by Gasteiger charge is -2.15. The van der Waals surface area contributed by atoms with Crippen LogP contribution in [0.3, 0.4) is 0 Å². The fraction of sp³-hybridized carbons (Fsp3) is 0.500. The van der Waals surface area contributed by atoms with Crippen LogP contribution in [0.2, 0.25) is 0 Å². The van der Waals surface area contributed by atoms with Crippen LogP contribution in [0, 0.1) is 0 Å². The number of nitrogen functional groups attached to an aromatic ring is 1. The highest BCUT2D eigenvalue weighted by Crippen LogP contribution is 2.26. The Labute approximate surface area is 96.9 Å². The Balaban J connectivity index is 2.60. The van der Waals surface area contributed by atoms with Crippen molar-refractivity contribution < 1.29 is 9.47 Å². The van der Waals surface area contributed by atoms with Crippen LogP contribution in [0.25, 0.3) is 0 Å². The van der Waals surface area contributed by atoms with Crippen molar-refractivity contribution in [1.29, 1.82) is 0 Å². The predicted octanol–water partition coefficient (Wildman–Crippen LogP) is 1.75. The maximum Gasteiger partial charge on any atom is 0.144 e. The monoisotopic (exact) mass is 224 g/mol. The summed E-state index contributed by atoms with van der Waals surface area (Å²) in [6.45, 7) is 3.77. The van der Waals surface area contributed by atoms with E-state index in [-0.39, 0.29) is 0 Å². The summed E-state index contributed by atoms with van der Waals surface area (Å²) in [6, 6.07) is 5.75. The third kappa shape index (κ3) is 3.62. The van der Waals surface area contributed by atoms with Gasteiger partial charge < -0.3 is 20.1 Å².